The van der Waals surface area contributed by atoms with E-state index in [1.165, 1.54) is 28.1 Å². The van der Waals surface area contributed by atoms with Crippen LogP contribution in [-0.4, -0.2) is 28.2 Å². The molecule has 0 aromatic carbocycles. The lowest BCUT2D eigenvalue weighted by Crippen LogP contribution is -2.23. The summed E-state index contributed by atoms with van der Waals surface area (Å²) in [4.78, 5) is 18.3. The van der Waals surface area contributed by atoms with Crippen LogP contribution >= 0.6 is 11.3 Å². The minimum Gasteiger partial charge on any atom is -0.349 e. The summed E-state index contributed by atoms with van der Waals surface area (Å²) >= 11 is 1.43. The molecule has 0 saturated carbocycles. The highest BCUT2D eigenvalue weighted by molar-refractivity contribution is 7.20. The molecule has 5 nitrogen and oxygen atoms in total. The molecule has 0 atom stereocenters. The Morgan fingerprint density at radius 1 is 1.56 bits per heavy atom. The molecule has 16 heavy (non-hydrogen) atoms. The van der Waals surface area contributed by atoms with Gasteiger partial charge in [-0.25, -0.2) is 4.98 Å². The molecule has 2 aromatic heterocycles. The third kappa shape index (κ3) is 2.06. The van der Waals surface area contributed by atoms with Crippen LogP contribution in [0, 0.1) is 5.92 Å². The van der Waals surface area contributed by atoms with Gasteiger partial charge >= 0.3 is 0 Å². The fraction of sp³-hybridized carbons (Fsp3) is 0.500. The van der Waals surface area contributed by atoms with Crippen molar-refractivity contribution in [1.82, 2.24) is 14.6 Å². The highest BCUT2D eigenvalue weighted by Gasteiger charge is 2.10. The first-order valence-corrected chi connectivity index (χ1v) is 5.95. The normalized spacial score (nSPS) is 11.2. The van der Waals surface area contributed by atoms with Gasteiger partial charge in [0.1, 0.15) is 0 Å². The van der Waals surface area contributed by atoms with Gasteiger partial charge in [-0.05, 0) is 5.92 Å². The van der Waals surface area contributed by atoms with Gasteiger partial charge in [0.15, 0.2) is 0 Å². The van der Waals surface area contributed by atoms with E-state index in [0.717, 1.165) is 11.7 Å². The summed E-state index contributed by atoms with van der Waals surface area (Å²) in [5, 5.41) is 5.07. The average molecular weight is 238 g/mol. The molecule has 0 amide bonds. The third-order valence-corrected chi connectivity index (χ3v) is 3.16. The number of rotatable bonds is 3. The Balaban J connectivity index is 2.40. The third-order valence-electron chi connectivity index (χ3n) is 2.13. The van der Waals surface area contributed by atoms with Crippen molar-refractivity contribution in [2.75, 3.05) is 18.5 Å². The van der Waals surface area contributed by atoms with Crippen molar-refractivity contribution in [3.63, 3.8) is 0 Å². The molecule has 0 spiro atoms. The Kier molecular flexibility index (Phi) is 2.91. The van der Waals surface area contributed by atoms with E-state index in [4.69, 9.17) is 0 Å². The first-order chi connectivity index (χ1) is 7.58. The monoisotopic (exact) mass is 238 g/mol. The molecule has 0 N–H and O–H groups in total. The van der Waals surface area contributed by atoms with Gasteiger partial charge in [0.2, 0.25) is 10.1 Å². The lowest BCUT2D eigenvalue weighted by Gasteiger charge is -2.16. The summed E-state index contributed by atoms with van der Waals surface area (Å²) in [6, 6.07) is 1.42. The lowest BCUT2D eigenvalue weighted by molar-refractivity contribution is 0.634. The number of aromatic nitrogens is 3. The molecule has 0 unspecified atom stereocenters. The molecule has 0 aliphatic heterocycles. The maximum Gasteiger partial charge on any atom is 0.275 e. The van der Waals surface area contributed by atoms with E-state index in [2.05, 4.69) is 23.9 Å². The number of hydrogen-bond acceptors (Lipinski definition) is 5. The predicted octanol–water partition coefficient (Wildman–Crippen LogP) is 1.24. The van der Waals surface area contributed by atoms with E-state index in [-0.39, 0.29) is 5.56 Å². The Bertz CT molecular complexity index is 545. The fourth-order valence-corrected chi connectivity index (χ4v) is 2.36. The molecule has 0 aliphatic carbocycles. The van der Waals surface area contributed by atoms with Gasteiger partial charge in [-0.1, -0.05) is 25.2 Å². The van der Waals surface area contributed by atoms with E-state index in [0.29, 0.717) is 10.9 Å². The molecule has 0 radical (unpaired) electrons. The maximum absolute atomic E-state index is 11.5. The Labute approximate surface area is 97.4 Å². The van der Waals surface area contributed by atoms with E-state index in [9.17, 15) is 4.79 Å². The summed E-state index contributed by atoms with van der Waals surface area (Å²) in [5.74, 6) is 0.557. The van der Waals surface area contributed by atoms with Gasteiger partial charge in [-0.3, -0.25) is 4.79 Å². The second-order valence-electron chi connectivity index (χ2n) is 4.14. The summed E-state index contributed by atoms with van der Waals surface area (Å²) < 4.78 is 1.34. The molecule has 0 saturated heterocycles. The van der Waals surface area contributed by atoms with Crippen molar-refractivity contribution in [3.05, 3.63) is 22.6 Å². The lowest BCUT2D eigenvalue weighted by atomic mass is 10.2. The van der Waals surface area contributed by atoms with Crippen LogP contribution in [0.25, 0.3) is 4.96 Å². The van der Waals surface area contributed by atoms with Crippen LogP contribution in [0.2, 0.25) is 0 Å². The van der Waals surface area contributed by atoms with E-state index >= 15 is 0 Å². The van der Waals surface area contributed by atoms with Gasteiger partial charge in [0.25, 0.3) is 5.56 Å². The number of fused-ring (bicyclic) bond motifs is 1. The van der Waals surface area contributed by atoms with E-state index < -0.39 is 0 Å². The van der Waals surface area contributed by atoms with Crippen molar-refractivity contribution in [3.8, 4) is 0 Å². The van der Waals surface area contributed by atoms with Gasteiger partial charge < -0.3 is 4.90 Å². The van der Waals surface area contributed by atoms with Crippen molar-refractivity contribution in [1.29, 1.82) is 0 Å². The van der Waals surface area contributed by atoms with Crippen LogP contribution in [0.15, 0.2) is 17.1 Å². The highest BCUT2D eigenvalue weighted by atomic mass is 32.1. The van der Waals surface area contributed by atoms with Crippen LogP contribution in [0.1, 0.15) is 13.8 Å². The zero-order valence-electron chi connectivity index (χ0n) is 9.54. The van der Waals surface area contributed by atoms with Gasteiger partial charge in [0.05, 0.1) is 0 Å². The second-order valence-corrected chi connectivity index (χ2v) is 5.07. The van der Waals surface area contributed by atoms with Crippen LogP contribution in [0.3, 0.4) is 0 Å². The molecule has 6 heteroatoms. The predicted molar refractivity (Wildman–Crippen MR) is 65.2 cm³/mol. The van der Waals surface area contributed by atoms with Crippen LogP contribution in [0.5, 0.6) is 0 Å². The topological polar surface area (TPSA) is 50.5 Å². The highest BCUT2D eigenvalue weighted by Crippen LogP contribution is 2.20. The van der Waals surface area contributed by atoms with E-state index in [1.807, 2.05) is 11.9 Å². The number of nitrogens with zero attached hydrogens (tertiary/aromatic N) is 4. The zero-order chi connectivity index (χ0) is 11.7. The number of hydrogen-bond donors (Lipinski definition) is 0. The molecule has 0 fully saturated rings. The van der Waals surface area contributed by atoms with Crippen molar-refractivity contribution < 1.29 is 0 Å². The van der Waals surface area contributed by atoms with Crippen LogP contribution < -0.4 is 10.5 Å². The molecule has 2 aromatic rings. The molecule has 0 bridgehead atoms. The minimum atomic E-state index is -0.134. The molecule has 2 heterocycles. The van der Waals surface area contributed by atoms with Crippen molar-refractivity contribution >= 4 is 21.4 Å². The molecule has 86 valence electrons. The maximum atomic E-state index is 11.5. The summed E-state index contributed by atoms with van der Waals surface area (Å²) in [5.41, 5.74) is -0.134. The Morgan fingerprint density at radius 3 is 2.94 bits per heavy atom. The fourth-order valence-electron chi connectivity index (χ4n) is 1.51. The first kappa shape index (κ1) is 11.1. The standard InChI is InChI=1S/C10H14N4OS/c1-7(2)6-13(3)10-12-14-8(15)4-5-11-9(14)16-10/h4-5,7H,6H2,1-3H3. The zero-order valence-corrected chi connectivity index (χ0v) is 10.4. The van der Waals surface area contributed by atoms with Gasteiger partial charge in [0, 0.05) is 25.9 Å². The smallest absolute Gasteiger partial charge is 0.275 e. The van der Waals surface area contributed by atoms with Crippen LogP contribution in [-0.2, 0) is 0 Å². The largest absolute Gasteiger partial charge is 0.349 e. The SMILES string of the molecule is CC(C)CN(C)c1nn2c(=O)ccnc2s1. The van der Waals surface area contributed by atoms with Gasteiger partial charge in [-0.2, -0.15) is 4.52 Å². The van der Waals surface area contributed by atoms with E-state index in [1.54, 1.807) is 0 Å². The molecule has 2 rings (SSSR count). The van der Waals surface area contributed by atoms with Crippen molar-refractivity contribution in [2.24, 2.45) is 5.92 Å². The average Bonchev–Trinajstić information content (AvgIpc) is 2.61. The summed E-state index contributed by atoms with van der Waals surface area (Å²) in [6.45, 7) is 5.21. The van der Waals surface area contributed by atoms with Gasteiger partial charge in [-0.15, -0.1) is 5.10 Å². The summed E-state index contributed by atoms with van der Waals surface area (Å²) in [6.07, 6.45) is 1.52. The molecule has 0 aliphatic rings. The minimum absolute atomic E-state index is 0.134. The van der Waals surface area contributed by atoms with Crippen LogP contribution in [0.4, 0.5) is 5.13 Å². The molecular formula is C10H14N4OS. The first-order valence-electron chi connectivity index (χ1n) is 5.14. The summed E-state index contributed by atoms with van der Waals surface area (Å²) in [7, 11) is 1.97. The Hall–Kier alpha value is -1.43. The quantitative estimate of drug-likeness (QED) is 0.807. The second kappa shape index (κ2) is 4.21. The number of anilines is 1. The molecular weight excluding hydrogens is 224 g/mol. The van der Waals surface area contributed by atoms with Crippen molar-refractivity contribution in [2.45, 2.75) is 13.8 Å². The Morgan fingerprint density at radius 2 is 2.31 bits per heavy atom.